The molecule has 152 valence electrons. The Hall–Kier alpha value is -3.51. The van der Waals surface area contributed by atoms with Gasteiger partial charge in [-0.15, -0.1) is 0 Å². The molecule has 0 aromatic carbocycles. The fourth-order valence-electron chi connectivity index (χ4n) is 3.81. The Labute approximate surface area is 173 Å². The lowest BCUT2D eigenvalue weighted by atomic mass is 10.1. The topological polar surface area (TPSA) is 104 Å². The van der Waals surface area contributed by atoms with Crippen LogP contribution in [0.4, 0.5) is 10.5 Å². The Morgan fingerprint density at radius 2 is 1.93 bits per heavy atom. The molecule has 5 rings (SSSR count). The lowest BCUT2D eigenvalue weighted by Crippen LogP contribution is -2.51. The minimum Gasteiger partial charge on any atom is -0.441 e. The molecule has 2 aromatic heterocycles. The van der Waals surface area contributed by atoms with Crippen molar-refractivity contribution in [2.45, 2.75) is 12.5 Å². The van der Waals surface area contributed by atoms with Crippen LogP contribution in [-0.2, 0) is 15.9 Å². The van der Waals surface area contributed by atoms with Gasteiger partial charge in [0.05, 0.1) is 24.5 Å². The highest BCUT2D eigenvalue weighted by atomic mass is 16.6. The summed E-state index contributed by atoms with van der Waals surface area (Å²) in [6.07, 6.45) is 7.27. The van der Waals surface area contributed by atoms with Crippen molar-refractivity contribution in [1.29, 1.82) is 5.26 Å². The molecule has 0 saturated carbocycles. The van der Waals surface area contributed by atoms with Gasteiger partial charge in [-0.2, -0.15) is 5.26 Å². The number of aromatic nitrogens is 3. The number of amides is 1. The maximum absolute atomic E-state index is 12.3. The molecule has 9 heteroatoms. The van der Waals surface area contributed by atoms with Crippen LogP contribution in [0.5, 0.6) is 0 Å². The van der Waals surface area contributed by atoms with Crippen LogP contribution >= 0.6 is 0 Å². The third kappa shape index (κ3) is 3.46. The number of allylic oxidation sites excluding steroid dienone is 1. The van der Waals surface area contributed by atoms with E-state index in [1.54, 1.807) is 4.90 Å². The van der Waals surface area contributed by atoms with E-state index in [0.29, 0.717) is 44.1 Å². The molecule has 1 amide bonds. The predicted molar refractivity (Wildman–Crippen MR) is 107 cm³/mol. The number of nitrogens with zero attached hydrogens (tertiary/aromatic N) is 6. The van der Waals surface area contributed by atoms with E-state index >= 15 is 0 Å². The minimum absolute atomic E-state index is 0.105. The van der Waals surface area contributed by atoms with E-state index in [9.17, 15) is 4.79 Å². The van der Waals surface area contributed by atoms with Crippen LogP contribution in [0.1, 0.15) is 22.6 Å². The van der Waals surface area contributed by atoms with Crippen LogP contribution in [0.15, 0.2) is 24.7 Å². The molecule has 2 aromatic rings. The maximum atomic E-state index is 12.3. The summed E-state index contributed by atoms with van der Waals surface area (Å²) < 4.78 is 10.5. The minimum atomic E-state index is -0.261. The van der Waals surface area contributed by atoms with Crippen LogP contribution in [0.2, 0.25) is 0 Å². The number of hydrogen-bond donors (Lipinski definition) is 0. The van der Waals surface area contributed by atoms with E-state index < -0.39 is 0 Å². The first-order chi connectivity index (χ1) is 14.7. The van der Waals surface area contributed by atoms with Crippen LogP contribution < -0.4 is 4.90 Å². The Bertz CT molecular complexity index is 1030. The zero-order valence-electron chi connectivity index (χ0n) is 16.3. The number of hydrogen-bond acceptors (Lipinski definition) is 8. The lowest BCUT2D eigenvalue weighted by molar-refractivity contribution is -0.104. The zero-order chi connectivity index (χ0) is 20.5. The second-order valence-corrected chi connectivity index (χ2v) is 7.46. The third-order valence-corrected chi connectivity index (χ3v) is 5.55. The van der Waals surface area contributed by atoms with E-state index in [2.05, 4.69) is 25.9 Å². The van der Waals surface area contributed by atoms with Crippen molar-refractivity contribution in [3.63, 3.8) is 0 Å². The largest absolute Gasteiger partial charge is 0.441 e. The van der Waals surface area contributed by atoms with Crippen molar-refractivity contribution in [3.05, 3.63) is 47.3 Å². The second kappa shape index (κ2) is 7.72. The van der Waals surface area contributed by atoms with Gasteiger partial charge in [-0.25, -0.2) is 14.8 Å². The van der Waals surface area contributed by atoms with Gasteiger partial charge in [-0.1, -0.05) is 0 Å². The average molecular weight is 404 g/mol. The number of anilines is 1. The number of ether oxygens (including phenoxy) is 2. The summed E-state index contributed by atoms with van der Waals surface area (Å²) in [5.41, 5.74) is 4.59. The van der Waals surface area contributed by atoms with E-state index in [1.807, 2.05) is 18.3 Å². The standard InChI is InChI=1S/C21H20N6O3/c22-9-14-10-24-20(25-11-14)15-7-17-18(8-15)23-2-1-19(17)26-3-5-27(6-4-26)21(28)30-16-12-29-13-16/h1-2,7,10-11,16H,3-6,8,12-13H2. The SMILES string of the molecule is N#Cc1cnc(C2=Cc3c(N4CCN(C(=O)OC5COC5)CC4)ccnc3C2)nc1. The van der Waals surface area contributed by atoms with Gasteiger partial charge in [0.25, 0.3) is 0 Å². The normalized spacial score (nSPS) is 18.3. The first kappa shape index (κ1) is 18.5. The fourth-order valence-corrected chi connectivity index (χ4v) is 3.81. The molecular weight excluding hydrogens is 384 g/mol. The average Bonchev–Trinajstić information content (AvgIpc) is 3.21. The Balaban J connectivity index is 1.29. The lowest BCUT2D eigenvalue weighted by Gasteiger charge is -2.37. The van der Waals surface area contributed by atoms with Crippen molar-refractivity contribution in [1.82, 2.24) is 19.9 Å². The summed E-state index contributed by atoms with van der Waals surface area (Å²) in [4.78, 5) is 29.4. The van der Waals surface area contributed by atoms with E-state index in [-0.39, 0.29) is 12.2 Å². The van der Waals surface area contributed by atoms with Crippen LogP contribution in [-0.4, -0.2) is 71.4 Å². The number of rotatable bonds is 3. The van der Waals surface area contributed by atoms with Crippen LogP contribution in [0.25, 0.3) is 11.6 Å². The number of carbonyl (C=O) groups excluding carboxylic acids is 1. The van der Waals surface area contributed by atoms with E-state index in [1.165, 1.54) is 12.4 Å². The Kier molecular flexibility index (Phi) is 4.77. The van der Waals surface area contributed by atoms with Gasteiger partial charge in [-0.3, -0.25) is 4.98 Å². The van der Waals surface area contributed by atoms with Crippen molar-refractivity contribution >= 4 is 23.4 Å². The smallest absolute Gasteiger partial charge is 0.410 e. The first-order valence-corrected chi connectivity index (χ1v) is 9.90. The first-order valence-electron chi connectivity index (χ1n) is 9.90. The molecule has 2 aliphatic heterocycles. The van der Waals surface area contributed by atoms with Crippen LogP contribution in [0, 0.1) is 11.3 Å². The summed E-state index contributed by atoms with van der Waals surface area (Å²) in [7, 11) is 0. The summed E-state index contributed by atoms with van der Waals surface area (Å²) in [5.74, 6) is 0.616. The number of carbonyl (C=O) groups is 1. The summed E-state index contributed by atoms with van der Waals surface area (Å²) in [5, 5.41) is 8.93. The highest BCUT2D eigenvalue weighted by Crippen LogP contribution is 2.35. The summed E-state index contributed by atoms with van der Waals surface area (Å²) in [6.45, 7) is 3.66. The van der Waals surface area contributed by atoms with Gasteiger partial charge in [-0.05, 0) is 12.1 Å². The van der Waals surface area contributed by atoms with Crippen molar-refractivity contribution in [2.75, 3.05) is 44.3 Å². The molecule has 0 radical (unpaired) electrons. The van der Waals surface area contributed by atoms with Crippen LogP contribution in [0.3, 0.4) is 0 Å². The van der Waals surface area contributed by atoms with Gasteiger partial charge in [0.15, 0.2) is 11.9 Å². The van der Waals surface area contributed by atoms with E-state index in [4.69, 9.17) is 14.7 Å². The molecule has 3 aliphatic rings. The molecule has 9 nitrogen and oxygen atoms in total. The zero-order valence-corrected chi connectivity index (χ0v) is 16.3. The molecule has 0 spiro atoms. The third-order valence-electron chi connectivity index (χ3n) is 5.55. The molecule has 4 heterocycles. The molecule has 0 atom stereocenters. The Morgan fingerprint density at radius 3 is 2.60 bits per heavy atom. The summed E-state index contributed by atoms with van der Waals surface area (Å²) in [6, 6.07) is 4.05. The van der Waals surface area contributed by atoms with Gasteiger partial charge in [0, 0.05) is 68.0 Å². The molecule has 0 unspecified atom stereocenters. The van der Waals surface area contributed by atoms with Gasteiger partial charge in [0.2, 0.25) is 0 Å². The molecule has 1 aliphatic carbocycles. The maximum Gasteiger partial charge on any atom is 0.410 e. The Morgan fingerprint density at radius 1 is 1.17 bits per heavy atom. The van der Waals surface area contributed by atoms with Crippen molar-refractivity contribution in [2.24, 2.45) is 0 Å². The van der Waals surface area contributed by atoms with Crippen molar-refractivity contribution in [3.8, 4) is 6.07 Å². The van der Waals surface area contributed by atoms with Gasteiger partial charge in [0.1, 0.15) is 6.07 Å². The summed E-state index contributed by atoms with van der Waals surface area (Å²) >= 11 is 0. The molecule has 0 N–H and O–H groups in total. The molecule has 30 heavy (non-hydrogen) atoms. The quantitative estimate of drug-likeness (QED) is 0.758. The number of pyridine rings is 1. The molecule has 2 saturated heterocycles. The van der Waals surface area contributed by atoms with Gasteiger partial charge >= 0.3 is 6.09 Å². The molecule has 0 bridgehead atoms. The second-order valence-electron chi connectivity index (χ2n) is 7.46. The molecular formula is C21H20N6O3. The monoisotopic (exact) mass is 404 g/mol. The van der Waals surface area contributed by atoms with Gasteiger partial charge < -0.3 is 19.3 Å². The van der Waals surface area contributed by atoms with E-state index in [0.717, 1.165) is 35.6 Å². The number of fused-ring (bicyclic) bond motifs is 1. The number of piperazine rings is 1. The highest BCUT2D eigenvalue weighted by molar-refractivity contribution is 5.90. The molecule has 2 fully saturated rings. The highest BCUT2D eigenvalue weighted by Gasteiger charge is 2.29. The predicted octanol–water partition coefficient (Wildman–Crippen LogP) is 1.50. The fraction of sp³-hybridized carbons (Fsp3) is 0.381. The van der Waals surface area contributed by atoms with Crippen molar-refractivity contribution < 1.29 is 14.3 Å². The number of nitriles is 1.